The molecule has 0 radical (unpaired) electrons. The second kappa shape index (κ2) is 9.88. The van der Waals surface area contributed by atoms with Gasteiger partial charge in [0.05, 0.1) is 18.0 Å². The summed E-state index contributed by atoms with van der Waals surface area (Å²) in [5.74, 6) is -2.40. The first-order valence-corrected chi connectivity index (χ1v) is 11.5. The number of sulfonamides is 1. The van der Waals surface area contributed by atoms with Crippen LogP contribution in [0.3, 0.4) is 0 Å². The number of amides is 2. The summed E-state index contributed by atoms with van der Waals surface area (Å²) in [6.45, 7) is 4.82. The van der Waals surface area contributed by atoms with Crippen LogP contribution in [-0.2, 0) is 19.6 Å². The van der Waals surface area contributed by atoms with E-state index in [4.69, 9.17) is 4.74 Å². The Labute approximate surface area is 180 Å². The molecule has 2 fully saturated rings. The number of halogens is 2. The smallest absolute Gasteiger partial charge is 0.409 e. The fourth-order valence-corrected chi connectivity index (χ4v) is 4.99. The van der Waals surface area contributed by atoms with Crippen molar-refractivity contribution in [1.82, 2.24) is 19.0 Å². The highest BCUT2D eigenvalue weighted by Crippen LogP contribution is 2.20. The summed E-state index contributed by atoms with van der Waals surface area (Å²) >= 11 is 0. The van der Waals surface area contributed by atoms with E-state index < -0.39 is 21.7 Å². The molecule has 2 aliphatic heterocycles. The lowest BCUT2D eigenvalue weighted by molar-refractivity contribution is -0.134. The fraction of sp³-hybridized carbons (Fsp3) is 0.579. The third-order valence-electron chi connectivity index (χ3n) is 5.38. The van der Waals surface area contributed by atoms with Crippen molar-refractivity contribution in [2.45, 2.75) is 11.8 Å². The molecule has 0 N–H and O–H groups in total. The van der Waals surface area contributed by atoms with Crippen molar-refractivity contribution in [3.63, 3.8) is 0 Å². The van der Waals surface area contributed by atoms with Crippen molar-refractivity contribution < 1.29 is 31.5 Å². The Hall–Kier alpha value is -2.31. The molecule has 0 aliphatic carbocycles. The number of ether oxygens (including phenoxy) is 1. The number of hydrogen-bond acceptors (Lipinski definition) is 6. The van der Waals surface area contributed by atoms with Crippen molar-refractivity contribution in [3.05, 3.63) is 29.8 Å². The van der Waals surface area contributed by atoms with Gasteiger partial charge in [0.15, 0.2) is 11.6 Å². The highest BCUT2D eigenvalue weighted by molar-refractivity contribution is 7.89. The maximum Gasteiger partial charge on any atom is 0.409 e. The highest BCUT2D eigenvalue weighted by atomic mass is 32.2. The summed E-state index contributed by atoms with van der Waals surface area (Å²) in [7, 11) is -3.94. The number of hydrogen-bond donors (Lipinski definition) is 0. The predicted molar refractivity (Wildman–Crippen MR) is 107 cm³/mol. The topological polar surface area (TPSA) is 90.5 Å². The van der Waals surface area contributed by atoms with E-state index in [1.54, 1.807) is 16.7 Å². The Morgan fingerprint density at radius 2 is 1.55 bits per heavy atom. The van der Waals surface area contributed by atoms with Crippen LogP contribution in [0.15, 0.2) is 23.1 Å². The van der Waals surface area contributed by atoms with Gasteiger partial charge in [-0.3, -0.25) is 9.69 Å². The Morgan fingerprint density at radius 3 is 2.13 bits per heavy atom. The number of piperazine rings is 2. The Bertz CT molecular complexity index is 914. The normalized spacial score (nSPS) is 18.8. The predicted octanol–water partition coefficient (Wildman–Crippen LogP) is 0.572. The molecule has 1 aromatic rings. The van der Waals surface area contributed by atoms with Crippen LogP contribution < -0.4 is 0 Å². The Kier molecular flexibility index (Phi) is 7.44. The number of carbonyl (C=O) groups excluding carboxylic acids is 2. The first kappa shape index (κ1) is 23.4. The minimum absolute atomic E-state index is 0.0829. The van der Waals surface area contributed by atoms with E-state index in [1.165, 1.54) is 4.31 Å². The van der Waals surface area contributed by atoms with E-state index in [2.05, 4.69) is 0 Å². The number of carbonyl (C=O) groups is 2. The van der Waals surface area contributed by atoms with Gasteiger partial charge < -0.3 is 14.5 Å². The van der Waals surface area contributed by atoms with Crippen molar-refractivity contribution in [2.75, 3.05) is 65.5 Å². The van der Waals surface area contributed by atoms with Gasteiger partial charge in [-0.2, -0.15) is 4.31 Å². The van der Waals surface area contributed by atoms with Crippen LogP contribution in [0, 0.1) is 11.6 Å². The SMILES string of the molecule is CCOC(=O)N1CCN(C(=O)CN2CCN(S(=O)(=O)c3ccc(F)c(F)c3)CC2)CC1. The maximum atomic E-state index is 13.4. The highest BCUT2D eigenvalue weighted by Gasteiger charge is 2.31. The lowest BCUT2D eigenvalue weighted by Gasteiger charge is -2.37. The molecule has 0 aromatic heterocycles. The summed E-state index contributed by atoms with van der Waals surface area (Å²) in [5, 5.41) is 0. The molecule has 0 unspecified atom stereocenters. The summed E-state index contributed by atoms with van der Waals surface area (Å²) < 4.78 is 58.0. The molecule has 2 aliphatic rings. The van der Waals surface area contributed by atoms with Crippen LogP contribution in [0.1, 0.15) is 6.92 Å². The molecule has 2 heterocycles. The lowest BCUT2D eigenvalue weighted by Crippen LogP contribution is -2.55. The first-order chi connectivity index (χ1) is 14.7. The van der Waals surface area contributed by atoms with E-state index in [1.807, 2.05) is 4.90 Å². The van der Waals surface area contributed by atoms with Crippen LogP contribution in [0.2, 0.25) is 0 Å². The first-order valence-electron chi connectivity index (χ1n) is 10.1. The van der Waals surface area contributed by atoms with Crippen molar-refractivity contribution >= 4 is 22.0 Å². The van der Waals surface area contributed by atoms with Crippen molar-refractivity contribution in [1.29, 1.82) is 0 Å². The summed E-state index contributed by atoms with van der Waals surface area (Å²) in [5.41, 5.74) is 0. The molecule has 0 atom stereocenters. The average Bonchev–Trinajstić information content (AvgIpc) is 2.76. The van der Waals surface area contributed by atoms with Gasteiger partial charge in [-0.15, -0.1) is 0 Å². The zero-order chi connectivity index (χ0) is 22.6. The standard InChI is InChI=1S/C19H26F2N4O5S/c1-2-30-19(27)24-9-7-23(8-10-24)18(26)14-22-5-11-25(12-6-22)31(28,29)15-3-4-16(20)17(21)13-15/h3-4,13H,2,5-12,14H2,1H3. The molecule has 0 saturated carbocycles. The lowest BCUT2D eigenvalue weighted by atomic mass is 10.3. The second-order valence-corrected chi connectivity index (χ2v) is 9.26. The minimum Gasteiger partial charge on any atom is -0.450 e. The van der Waals surface area contributed by atoms with Crippen molar-refractivity contribution in [2.24, 2.45) is 0 Å². The van der Waals surface area contributed by atoms with Crippen LogP contribution in [0.25, 0.3) is 0 Å². The third kappa shape index (κ3) is 5.49. The molecule has 1 aromatic carbocycles. The molecule has 0 spiro atoms. The van der Waals surface area contributed by atoms with Gasteiger partial charge >= 0.3 is 6.09 Å². The summed E-state index contributed by atoms with van der Waals surface area (Å²) in [6.07, 6.45) is -0.382. The van der Waals surface area contributed by atoms with E-state index in [0.717, 1.165) is 12.1 Å². The van der Waals surface area contributed by atoms with Gasteiger partial charge in [0.1, 0.15) is 0 Å². The summed E-state index contributed by atoms with van der Waals surface area (Å²) in [4.78, 5) is 29.1. The monoisotopic (exact) mass is 460 g/mol. The van der Waals surface area contributed by atoms with Crippen LogP contribution in [0.5, 0.6) is 0 Å². The van der Waals surface area contributed by atoms with Crippen LogP contribution in [0.4, 0.5) is 13.6 Å². The van der Waals surface area contributed by atoms with E-state index in [-0.39, 0.29) is 36.5 Å². The van der Waals surface area contributed by atoms with Gasteiger partial charge in [-0.05, 0) is 25.1 Å². The van der Waals surface area contributed by atoms with Gasteiger partial charge in [-0.1, -0.05) is 0 Å². The quantitative estimate of drug-likeness (QED) is 0.638. The Balaban J connectivity index is 1.48. The second-order valence-electron chi connectivity index (χ2n) is 7.32. The molecule has 2 saturated heterocycles. The van der Waals surface area contributed by atoms with Crippen LogP contribution in [-0.4, -0.2) is 105 Å². The molecule has 172 valence electrons. The fourth-order valence-electron chi connectivity index (χ4n) is 3.56. The molecular formula is C19H26F2N4O5S. The maximum absolute atomic E-state index is 13.4. The average molecular weight is 461 g/mol. The number of nitrogens with zero attached hydrogens (tertiary/aromatic N) is 4. The molecule has 12 heteroatoms. The molecule has 2 amide bonds. The molecule has 9 nitrogen and oxygen atoms in total. The molecule has 0 bridgehead atoms. The van der Waals surface area contributed by atoms with Crippen molar-refractivity contribution in [3.8, 4) is 0 Å². The third-order valence-corrected chi connectivity index (χ3v) is 7.27. The number of benzene rings is 1. The van der Waals surface area contributed by atoms with Gasteiger partial charge in [0, 0.05) is 52.4 Å². The summed E-state index contributed by atoms with van der Waals surface area (Å²) in [6, 6.07) is 2.51. The van der Waals surface area contributed by atoms with Gasteiger partial charge in [-0.25, -0.2) is 22.0 Å². The van der Waals surface area contributed by atoms with E-state index >= 15 is 0 Å². The van der Waals surface area contributed by atoms with Crippen LogP contribution >= 0.6 is 0 Å². The Morgan fingerprint density at radius 1 is 0.935 bits per heavy atom. The van der Waals surface area contributed by atoms with E-state index in [9.17, 15) is 26.8 Å². The largest absolute Gasteiger partial charge is 0.450 e. The molecule has 31 heavy (non-hydrogen) atoms. The van der Waals surface area contributed by atoms with Gasteiger partial charge in [0.25, 0.3) is 0 Å². The zero-order valence-electron chi connectivity index (χ0n) is 17.3. The van der Waals surface area contributed by atoms with Gasteiger partial charge in [0.2, 0.25) is 15.9 Å². The number of rotatable bonds is 5. The zero-order valence-corrected chi connectivity index (χ0v) is 18.1. The minimum atomic E-state index is -3.94. The molecule has 3 rings (SSSR count). The van der Waals surface area contributed by atoms with E-state index in [0.29, 0.717) is 51.9 Å². The molecular weight excluding hydrogens is 434 g/mol.